The molecule has 0 aromatic rings. The topological polar surface area (TPSA) is 12.0 Å². The highest BCUT2D eigenvalue weighted by Gasteiger charge is 2.29. The summed E-state index contributed by atoms with van der Waals surface area (Å²) in [6.07, 6.45) is 5.32. The summed E-state index contributed by atoms with van der Waals surface area (Å²) in [5, 5.41) is 3.51. The molecule has 0 aliphatic carbocycles. The minimum atomic E-state index is 0.379. The lowest BCUT2D eigenvalue weighted by molar-refractivity contribution is 0.184. The molecule has 0 spiro atoms. The zero-order valence-corrected chi connectivity index (χ0v) is 11.0. The van der Waals surface area contributed by atoms with Gasteiger partial charge in [-0.1, -0.05) is 47.5 Å². The van der Waals surface area contributed by atoms with Gasteiger partial charge in [0, 0.05) is 6.04 Å². The summed E-state index contributed by atoms with van der Waals surface area (Å²) in [7, 11) is 2.11. The second-order valence-corrected chi connectivity index (χ2v) is 5.47. The molecule has 1 nitrogen and oxygen atoms in total. The first-order chi connectivity index (χ1) is 6.47. The molecule has 1 heteroatoms. The van der Waals surface area contributed by atoms with E-state index in [1.54, 1.807) is 0 Å². The largest absolute Gasteiger partial charge is 0.316 e. The number of hydrogen-bond acceptors (Lipinski definition) is 1. The summed E-state index contributed by atoms with van der Waals surface area (Å²) < 4.78 is 0. The Bertz CT molecular complexity index is 129. The molecule has 1 unspecified atom stereocenters. The van der Waals surface area contributed by atoms with Gasteiger partial charge in [0.15, 0.2) is 0 Å². The molecule has 0 bridgehead atoms. The first-order valence-electron chi connectivity index (χ1n) is 6.14. The van der Waals surface area contributed by atoms with Gasteiger partial charge in [0.25, 0.3) is 0 Å². The van der Waals surface area contributed by atoms with Crippen LogP contribution >= 0.6 is 0 Å². The predicted octanol–water partition coefficient (Wildman–Crippen LogP) is 3.84. The van der Waals surface area contributed by atoms with Crippen LogP contribution in [0.4, 0.5) is 0 Å². The maximum absolute atomic E-state index is 3.51. The second kappa shape index (κ2) is 6.44. The number of rotatable bonds is 6. The van der Waals surface area contributed by atoms with Gasteiger partial charge in [-0.05, 0) is 31.2 Å². The smallest absolute Gasteiger partial charge is 0.0141 e. The molecule has 0 saturated heterocycles. The average molecular weight is 199 g/mol. The molecule has 0 fully saturated rings. The Morgan fingerprint density at radius 3 is 1.64 bits per heavy atom. The average Bonchev–Trinajstić information content (AvgIpc) is 2.03. The van der Waals surface area contributed by atoms with E-state index in [9.17, 15) is 0 Å². The van der Waals surface area contributed by atoms with Crippen LogP contribution in [0, 0.1) is 11.3 Å². The first kappa shape index (κ1) is 14.0. The van der Waals surface area contributed by atoms with E-state index in [2.05, 4.69) is 47.0 Å². The molecular weight excluding hydrogens is 170 g/mol. The van der Waals surface area contributed by atoms with Crippen molar-refractivity contribution in [3.05, 3.63) is 0 Å². The van der Waals surface area contributed by atoms with Gasteiger partial charge in [-0.15, -0.1) is 0 Å². The number of nitrogens with one attached hydrogen (secondary N) is 1. The maximum Gasteiger partial charge on any atom is 0.0141 e. The van der Waals surface area contributed by atoms with E-state index in [0.717, 1.165) is 5.92 Å². The summed E-state index contributed by atoms with van der Waals surface area (Å²) >= 11 is 0. The van der Waals surface area contributed by atoms with Crippen molar-refractivity contribution in [2.45, 2.75) is 66.3 Å². The molecule has 1 N–H and O–H groups in total. The fraction of sp³-hybridized carbons (Fsp3) is 1.00. The van der Waals surface area contributed by atoms with E-state index in [-0.39, 0.29) is 0 Å². The summed E-state index contributed by atoms with van der Waals surface area (Å²) in [5.74, 6) is 0.843. The molecule has 1 atom stereocenters. The molecule has 0 aromatic carbocycles. The third kappa shape index (κ3) is 4.45. The minimum Gasteiger partial charge on any atom is -0.316 e. The number of hydrogen-bond donors (Lipinski definition) is 1. The van der Waals surface area contributed by atoms with Crippen molar-refractivity contribution < 1.29 is 0 Å². The van der Waals surface area contributed by atoms with Crippen LogP contribution in [-0.2, 0) is 0 Å². The van der Waals surface area contributed by atoms with Crippen LogP contribution < -0.4 is 5.32 Å². The second-order valence-electron chi connectivity index (χ2n) is 5.47. The van der Waals surface area contributed by atoms with Crippen LogP contribution in [0.5, 0.6) is 0 Å². The van der Waals surface area contributed by atoms with Gasteiger partial charge in [-0.3, -0.25) is 0 Å². The van der Waals surface area contributed by atoms with Gasteiger partial charge in [0.05, 0.1) is 0 Å². The van der Waals surface area contributed by atoms with Gasteiger partial charge in [0.1, 0.15) is 0 Å². The highest BCUT2D eigenvalue weighted by molar-refractivity contribution is 4.85. The van der Waals surface area contributed by atoms with Crippen LogP contribution in [0.25, 0.3) is 0 Å². The van der Waals surface area contributed by atoms with Crippen LogP contribution in [0.3, 0.4) is 0 Å². The van der Waals surface area contributed by atoms with Crippen molar-refractivity contribution in [2.24, 2.45) is 11.3 Å². The Morgan fingerprint density at radius 2 is 1.43 bits per heavy atom. The Balaban J connectivity index is 4.41. The van der Waals surface area contributed by atoms with Gasteiger partial charge in [0.2, 0.25) is 0 Å². The lowest BCUT2D eigenvalue weighted by Crippen LogP contribution is -2.44. The maximum atomic E-state index is 3.51. The Morgan fingerprint density at radius 1 is 1.00 bits per heavy atom. The monoisotopic (exact) mass is 199 g/mol. The van der Waals surface area contributed by atoms with E-state index in [4.69, 9.17) is 0 Å². The van der Waals surface area contributed by atoms with Crippen molar-refractivity contribution in [3.63, 3.8) is 0 Å². The van der Waals surface area contributed by atoms with Crippen LogP contribution in [0.15, 0.2) is 0 Å². The molecular formula is C13H29N. The molecule has 0 radical (unpaired) electrons. The zero-order valence-electron chi connectivity index (χ0n) is 11.0. The Hall–Kier alpha value is -0.0400. The SMILES string of the molecule is CCCC(CCC)C(NC)C(C)(C)C. The first-order valence-corrected chi connectivity index (χ1v) is 6.14. The highest BCUT2D eigenvalue weighted by atomic mass is 14.9. The van der Waals surface area contributed by atoms with E-state index in [0.29, 0.717) is 11.5 Å². The van der Waals surface area contributed by atoms with Crippen molar-refractivity contribution in [3.8, 4) is 0 Å². The Kier molecular flexibility index (Phi) is 6.43. The van der Waals surface area contributed by atoms with Crippen molar-refractivity contribution in [1.82, 2.24) is 5.32 Å². The molecule has 0 heterocycles. The molecule has 0 amide bonds. The quantitative estimate of drug-likeness (QED) is 0.685. The van der Waals surface area contributed by atoms with Crippen LogP contribution in [0.2, 0.25) is 0 Å². The van der Waals surface area contributed by atoms with Crippen molar-refractivity contribution in [2.75, 3.05) is 7.05 Å². The molecule has 0 rings (SSSR count). The molecule has 0 aromatic heterocycles. The summed E-state index contributed by atoms with van der Waals surface area (Å²) in [6, 6.07) is 0.655. The van der Waals surface area contributed by atoms with Gasteiger partial charge >= 0.3 is 0 Å². The van der Waals surface area contributed by atoms with Gasteiger partial charge in [-0.25, -0.2) is 0 Å². The fourth-order valence-corrected chi connectivity index (χ4v) is 2.60. The normalized spacial score (nSPS) is 14.8. The van der Waals surface area contributed by atoms with Crippen molar-refractivity contribution in [1.29, 1.82) is 0 Å². The lowest BCUT2D eigenvalue weighted by atomic mass is 9.75. The summed E-state index contributed by atoms with van der Waals surface area (Å²) in [5.41, 5.74) is 0.379. The lowest BCUT2D eigenvalue weighted by Gasteiger charge is -2.37. The van der Waals surface area contributed by atoms with Gasteiger partial charge < -0.3 is 5.32 Å². The van der Waals surface area contributed by atoms with Gasteiger partial charge in [-0.2, -0.15) is 0 Å². The summed E-state index contributed by atoms with van der Waals surface area (Å²) in [6.45, 7) is 11.6. The van der Waals surface area contributed by atoms with Crippen molar-refractivity contribution >= 4 is 0 Å². The molecule has 86 valence electrons. The summed E-state index contributed by atoms with van der Waals surface area (Å²) in [4.78, 5) is 0. The third-order valence-electron chi connectivity index (χ3n) is 3.03. The third-order valence-corrected chi connectivity index (χ3v) is 3.03. The minimum absolute atomic E-state index is 0.379. The van der Waals surface area contributed by atoms with Crippen LogP contribution in [0.1, 0.15) is 60.3 Å². The van der Waals surface area contributed by atoms with E-state index in [1.165, 1.54) is 25.7 Å². The molecule has 0 aliphatic heterocycles. The Labute approximate surface area is 90.7 Å². The molecule has 0 aliphatic rings. The molecule has 0 saturated carbocycles. The van der Waals surface area contributed by atoms with E-state index < -0.39 is 0 Å². The standard InChI is InChI=1S/C13H29N/c1-7-9-11(10-8-2)12(14-6)13(3,4)5/h11-12,14H,7-10H2,1-6H3. The fourth-order valence-electron chi connectivity index (χ4n) is 2.60. The van der Waals surface area contributed by atoms with E-state index in [1.807, 2.05) is 0 Å². The van der Waals surface area contributed by atoms with Crippen LogP contribution in [-0.4, -0.2) is 13.1 Å². The highest BCUT2D eigenvalue weighted by Crippen LogP contribution is 2.30. The zero-order chi connectivity index (χ0) is 11.2. The molecule has 14 heavy (non-hydrogen) atoms. The predicted molar refractivity (Wildman–Crippen MR) is 65.6 cm³/mol. The van der Waals surface area contributed by atoms with E-state index >= 15 is 0 Å².